The Morgan fingerprint density at radius 2 is 2.21 bits per heavy atom. The fourth-order valence-corrected chi connectivity index (χ4v) is 3.84. The van der Waals surface area contributed by atoms with Gasteiger partial charge in [0, 0.05) is 44.7 Å². The maximum absolute atomic E-state index is 12.7. The zero-order chi connectivity index (χ0) is 16.9. The second-order valence-electron chi connectivity index (χ2n) is 6.90. The highest BCUT2D eigenvalue weighted by Gasteiger charge is 2.49. The number of nitrogens with zero attached hydrogens (tertiary/aromatic N) is 4. The first kappa shape index (κ1) is 15.0. The number of rotatable bonds is 2. The van der Waals surface area contributed by atoms with Crippen molar-refractivity contribution in [3.63, 3.8) is 0 Å². The van der Waals surface area contributed by atoms with Gasteiger partial charge in [0.25, 0.3) is 5.91 Å². The van der Waals surface area contributed by atoms with Gasteiger partial charge in [-0.2, -0.15) is 5.10 Å². The molecule has 0 N–H and O–H groups in total. The minimum Gasteiger partial charge on any atom is -0.469 e. The summed E-state index contributed by atoms with van der Waals surface area (Å²) in [5, 5.41) is 4.15. The van der Waals surface area contributed by atoms with Gasteiger partial charge in [-0.1, -0.05) is 0 Å². The van der Waals surface area contributed by atoms with E-state index in [1.54, 1.807) is 28.8 Å². The van der Waals surface area contributed by atoms with Crippen LogP contribution in [-0.2, 0) is 11.8 Å². The maximum atomic E-state index is 12.7. The summed E-state index contributed by atoms with van der Waals surface area (Å²) in [6.45, 7) is 3.73. The van der Waals surface area contributed by atoms with Crippen molar-refractivity contribution in [1.29, 1.82) is 0 Å². The normalized spacial score (nSPS) is 23.7. The zero-order valence-corrected chi connectivity index (χ0v) is 13.9. The summed E-state index contributed by atoms with van der Waals surface area (Å²) in [6, 6.07) is 1.71. The van der Waals surface area contributed by atoms with Crippen molar-refractivity contribution in [3.05, 3.63) is 36.0 Å². The van der Waals surface area contributed by atoms with Gasteiger partial charge in [-0.05, 0) is 19.4 Å². The van der Waals surface area contributed by atoms with Crippen molar-refractivity contribution < 1.29 is 14.0 Å². The van der Waals surface area contributed by atoms with Gasteiger partial charge in [0.15, 0.2) is 0 Å². The highest BCUT2D eigenvalue weighted by molar-refractivity contribution is 5.97. The van der Waals surface area contributed by atoms with Gasteiger partial charge in [0.2, 0.25) is 5.91 Å². The van der Waals surface area contributed by atoms with Crippen LogP contribution in [0.15, 0.2) is 29.1 Å². The van der Waals surface area contributed by atoms with Gasteiger partial charge in [-0.15, -0.1) is 0 Å². The van der Waals surface area contributed by atoms with E-state index in [0.29, 0.717) is 37.4 Å². The third kappa shape index (κ3) is 2.31. The molecule has 1 spiro atoms. The molecule has 4 heterocycles. The summed E-state index contributed by atoms with van der Waals surface area (Å²) in [5.74, 6) is 0.739. The standard InChI is InChI=1S/C17H20N4O3/c1-12-14(3-6-24-12)16(23)20-5-4-17(10-20)7-15(22)21(11-17)13-8-18-19(2)9-13/h3,6,8-9H,4-5,7,10-11H2,1-2H3/t17-/m0/s1. The number of hydrogen-bond donors (Lipinski definition) is 0. The minimum atomic E-state index is -0.153. The van der Waals surface area contributed by atoms with Crippen molar-refractivity contribution >= 4 is 17.5 Å². The van der Waals surface area contributed by atoms with E-state index in [-0.39, 0.29) is 17.2 Å². The van der Waals surface area contributed by atoms with Crippen LogP contribution in [0.4, 0.5) is 5.69 Å². The molecule has 2 aromatic heterocycles. The summed E-state index contributed by atoms with van der Waals surface area (Å²) >= 11 is 0. The van der Waals surface area contributed by atoms with Gasteiger partial charge >= 0.3 is 0 Å². The van der Waals surface area contributed by atoms with E-state index in [1.165, 1.54) is 6.26 Å². The van der Waals surface area contributed by atoms with E-state index in [0.717, 1.165) is 12.1 Å². The van der Waals surface area contributed by atoms with Crippen LogP contribution < -0.4 is 4.90 Å². The Morgan fingerprint density at radius 3 is 2.88 bits per heavy atom. The first-order valence-corrected chi connectivity index (χ1v) is 8.10. The van der Waals surface area contributed by atoms with Gasteiger partial charge in [-0.25, -0.2) is 0 Å². The Kier molecular flexibility index (Phi) is 3.26. The average Bonchev–Trinajstić information content (AvgIpc) is 3.29. The van der Waals surface area contributed by atoms with Crippen LogP contribution in [0.25, 0.3) is 0 Å². The predicted octanol–water partition coefficient (Wildman–Crippen LogP) is 1.59. The average molecular weight is 328 g/mol. The van der Waals surface area contributed by atoms with E-state index < -0.39 is 0 Å². The molecule has 7 nitrogen and oxygen atoms in total. The number of amides is 2. The first-order chi connectivity index (χ1) is 11.5. The summed E-state index contributed by atoms with van der Waals surface area (Å²) in [7, 11) is 1.84. The second-order valence-corrected chi connectivity index (χ2v) is 6.90. The molecule has 0 radical (unpaired) electrons. The van der Waals surface area contributed by atoms with Crippen molar-refractivity contribution in [2.75, 3.05) is 24.5 Å². The zero-order valence-electron chi connectivity index (χ0n) is 13.9. The number of likely N-dealkylation sites (tertiary alicyclic amines) is 1. The lowest BCUT2D eigenvalue weighted by Gasteiger charge is -2.23. The number of anilines is 1. The molecule has 2 aromatic rings. The lowest BCUT2D eigenvalue weighted by Crippen LogP contribution is -2.34. The molecule has 0 bridgehead atoms. The molecule has 7 heteroatoms. The van der Waals surface area contributed by atoms with Crippen molar-refractivity contribution in [2.45, 2.75) is 19.8 Å². The number of aryl methyl sites for hydroxylation is 2. The Labute approximate surface area is 139 Å². The number of carbonyl (C=O) groups is 2. The quantitative estimate of drug-likeness (QED) is 0.839. The highest BCUT2D eigenvalue weighted by atomic mass is 16.3. The summed E-state index contributed by atoms with van der Waals surface area (Å²) in [6.07, 6.45) is 6.43. The third-order valence-electron chi connectivity index (χ3n) is 5.14. The van der Waals surface area contributed by atoms with E-state index in [4.69, 9.17) is 4.42 Å². The van der Waals surface area contributed by atoms with Crippen LogP contribution in [0, 0.1) is 12.3 Å². The van der Waals surface area contributed by atoms with E-state index >= 15 is 0 Å². The molecule has 2 aliphatic rings. The fourth-order valence-electron chi connectivity index (χ4n) is 3.84. The number of furan rings is 1. The molecule has 126 valence electrons. The molecule has 0 aromatic carbocycles. The molecule has 4 rings (SSSR count). The lowest BCUT2D eigenvalue weighted by molar-refractivity contribution is -0.117. The Balaban J connectivity index is 1.51. The SMILES string of the molecule is Cc1occc1C(=O)N1CC[C@]2(CC(=O)N(c3cnn(C)c3)C2)C1. The van der Waals surface area contributed by atoms with Gasteiger partial charge in [0.1, 0.15) is 5.76 Å². The van der Waals surface area contributed by atoms with Crippen LogP contribution in [0.1, 0.15) is 29.0 Å². The Hall–Kier alpha value is -2.57. The van der Waals surface area contributed by atoms with Gasteiger partial charge in [-0.3, -0.25) is 14.3 Å². The monoisotopic (exact) mass is 328 g/mol. The number of carbonyl (C=O) groups excluding carboxylic acids is 2. The molecule has 1 atom stereocenters. The van der Waals surface area contributed by atoms with Crippen LogP contribution in [0.5, 0.6) is 0 Å². The fraction of sp³-hybridized carbons (Fsp3) is 0.471. The minimum absolute atomic E-state index is 0.00889. The van der Waals surface area contributed by atoms with E-state index in [2.05, 4.69) is 5.10 Å². The molecule has 2 amide bonds. The number of aromatic nitrogens is 2. The smallest absolute Gasteiger partial charge is 0.257 e. The van der Waals surface area contributed by atoms with Crippen LogP contribution in [-0.4, -0.2) is 46.1 Å². The summed E-state index contributed by atoms with van der Waals surface area (Å²) < 4.78 is 6.93. The molecule has 0 aliphatic carbocycles. The van der Waals surface area contributed by atoms with Crippen molar-refractivity contribution in [1.82, 2.24) is 14.7 Å². The Morgan fingerprint density at radius 1 is 1.38 bits per heavy atom. The molecule has 2 aliphatic heterocycles. The topological polar surface area (TPSA) is 71.6 Å². The molecule has 0 saturated carbocycles. The van der Waals surface area contributed by atoms with Crippen molar-refractivity contribution in [2.24, 2.45) is 12.5 Å². The molecule has 2 saturated heterocycles. The predicted molar refractivity (Wildman–Crippen MR) is 86.6 cm³/mol. The highest BCUT2D eigenvalue weighted by Crippen LogP contribution is 2.42. The molecular formula is C17H20N4O3. The van der Waals surface area contributed by atoms with Crippen LogP contribution in [0.3, 0.4) is 0 Å². The third-order valence-corrected chi connectivity index (χ3v) is 5.14. The molecular weight excluding hydrogens is 308 g/mol. The van der Waals surface area contributed by atoms with Crippen LogP contribution >= 0.6 is 0 Å². The van der Waals surface area contributed by atoms with E-state index in [1.807, 2.05) is 18.1 Å². The van der Waals surface area contributed by atoms with Gasteiger partial charge in [0.05, 0.1) is 23.7 Å². The lowest BCUT2D eigenvalue weighted by atomic mass is 9.86. The molecule has 24 heavy (non-hydrogen) atoms. The Bertz CT molecular complexity index is 808. The first-order valence-electron chi connectivity index (χ1n) is 8.10. The maximum Gasteiger partial charge on any atom is 0.257 e. The molecule has 0 unspecified atom stereocenters. The summed E-state index contributed by atoms with van der Waals surface area (Å²) in [5.41, 5.74) is 1.29. The van der Waals surface area contributed by atoms with E-state index in [9.17, 15) is 9.59 Å². The largest absolute Gasteiger partial charge is 0.469 e. The van der Waals surface area contributed by atoms with Crippen LogP contribution in [0.2, 0.25) is 0 Å². The molecule has 2 fully saturated rings. The second kappa shape index (κ2) is 5.22. The van der Waals surface area contributed by atoms with Crippen molar-refractivity contribution in [3.8, 4) is 0 Å². The number of hydrogen-bond acceptors (Lipinski definition) is 4. The van der Waals surface area contributed by atoms with Gasteiger partial charge < -0.3 is 14.2 Å². The summed E-state index contributed by atoms with van der Waals surface area (Å²) in [4.78, 5) is 28.8.